The summed E-state index contributed by atoms with van der Waals surface area (Å²) in [6.45, 7) is 8.57. The van der Waals surface area contributed by atoms with Crippen molar-refractivity contribution in [1.82, 2.24) is 20.2 Å². The average Bonchev–Trinajstić information content (AvgIpc) is 3.73. The van der Waals surface area contributed by atoms with E-state index in [4.69, 9.17) is 19.9 Å². The lowest BCUT2D eigenvalue weighted by Crippen LogP contribution is -2.67. The number of aromatic nitrogens is 2. The number of esters is 1. The fourth-order valence-corrected chi connectivity index (χ4v) is 8.14. The van der Waals surface area contributed by atoms with Crippen LogP contribution in [0.5, 0.6) is 0 Å². The molecule has 6 rings (SSSR count). The Balaban J connectivity index is 1.31. The topological polar surface area (TPSA) is 173 Å². The Hall–Kier alpha value is -3.16. The van der Waals surface area contributed by atoms with Crippen molar-refractivity contribution < 1.29 is 34.0 Å². The van der Waals surface area contributed by atoms with Crippen molar-refractivity contribution in [2.75, 3.05) is 45.3 Å². The molecule has 2 aliphatic carbocycles. The predicted octanol–water partition coefficient (Wildman–Crippen LogP) is 1.21. The lowest BCUT2D eigenvalue weighted by molar-refractivity contribution is -0.174. The van der Waals surface area contributed by atoms with Gasteiger partial charge in [-0.1, -0.05) is 26.0 Å². The van der Waals surface area contributed by atoms with E-state index in [9.17, 15) is 19.8 Å². The van der Waals surface area contributed by atoms with Crippen LogP contribution in [0, 0.1) is 22.7 Å². The fraction of sp³-hybridized carbons (Fsp3) is 0.625. The monoisotopic (exact) mass is 609 g/mol. The van der Waals surface area contributed by atoms with Crippen LogP contribution in [0.2, 0.25) is 0 Å². The number of allylic oxidation sites excluding steroid dienone is 1. The molecule has 4 heterocycles. The zero-order chi connectivity index (χ0) is 31.3. The predicted molar refractivity (Wildman–Crippen MR) is 160 cm³/mol. The van der Waals surface area contributed by atoms with Crippen LogP contribution in [-0.2, 0) is 23.8 Å². The number of epoxide rings is 1. The van der Waals surface area contributed by atoms with E-state index in [1.165, 1.54) is 0 Å². The first-order chi connectivity index (χ1) is 21.0. The van der Waals surface area contributed by atoms with Gasteiger partial charge in [-0.05, 0) is 49.7 Å². The number of amides is 1. The van der Waals surface area contributed by atoms with E-state index < -0.39 is 29.1 Å². The maximum absolute atomic E-state index is 13.4. The standard InChI is InChI=1S/C32H43N5O7/c1-19(27(40)37-8-10-42-11-9-37)36-25-14-24-30(2,7-6-26(39)31(24,3)17-38)23(32(25)18-43-32)5-4-21-13-22(44-28(21)41)12-20-15-34-29(33)35-16-20/h4-5,12-13,15-16,19,23-26,36,38-39H,6-11,14,17-18H2,1-3H3,(H2,33,34,35)/t19?,23?,24?,25?,26-,30-,31+,32?/m1/s1. The largest absolute Gasteiger partial charge is 0.423 e. The zero-order valence-corrected chi connectivity index (χ0v) is 25.6. The van der Waals surface area contributed by atoms with Gasteiger partial charge in [0.05, 0.1) is 44.1 Å². The summed E-state index contributed by atoms with van der Waals surface area (Å²) in [7, 11) is 0. The molecule has 2 saturated carbocycles. The highest BCUT2D eigenvalue weighted by Gasteiger charge is 2.70. The molecule has 12 heteroatoms. The van der Waals surface area contributed by atoms with Crippen molar-refractivity contribution in [3.05, 3.63) is 47.5 Å². The van der Waals surface area contributed by atoms with Crippen molar-refractivity contribution in [3.8, 4) is 0 Å². The van der Waals surface area contributed by atoms with Crippen LogP contribution in [-0.4, -0.2) is 100 Å². The van der Waals surface area contributed by atoms with Gasteiger partial charge in [-0.15, -0.1) is 0 Å². The molecule has 0 aromatic carbocycles. The van der Waals surface area contributed by atoms with Gasteiger partial charge in [0, 0.05) is 48.4 Å². The van der Waals surface area contributed by atoms with Gasteiger partial charge in [0.25, 0.3) is 0 Å². The van der Waals surface area contributed by atoms with E-state index in [1.807, 2.05) is 24.8 Å². The molecule has 1 amide bonds. The fourth-order valence-electron chi connectivity index (χ4n) is 8.14. The van der Waals surface area contributed by atoms with Crippen molar-refractivity contribution in [2.45, 2.75) is 63.8 Å². The smallest absolute Gasteiger partial charge is 0.343 e. The number of ether oxygens (including phenoxy) is 3. The molecule has 0 bridgehead atoms. The molecule has 1 aromatic heterocycles. The number of aliphatic hydroxyl groups excluding tert-OH is 2. The maximum Gasteiger partial charge on any atom is 0.343 e. The van der Waals surface area contributed by atoms with Crippen LogP contribution in [0.25, 0.3) is 6.08 Å². The lowest BCUT2D eigenvalue weighted by atomic mass is 9.44. The molecule has 12 nitrogen and oxygen atoms in total. The first-order valence-corrected chi connectivity index (χ1v) is 15.5. The number of carbonyl (C=O) groups is 2. The average molecular weight is 610 g/mol. The molecule has 1 spiro atoms. The summed E-state index contributed by atoms with van der Waals surface area (Å²) in [6, 6.07) is -0.670. The highest BCUT2D eigenvalue weighted by atomic mass is 16.6. The number of hydrogen-bond acceptors (Lipinski definition) is 11. The third-order valence-electron chi connectivity index (χ3n) is 10.8. The molecule has 4 fully saturated rings. The van der Waals surface area contributed by atoms with Gasteiger partial charge < -0.3 is 40.4 Å². The van der Waals surface area contributed by atoms with Crippen molar-refractivity contribution in [3.63, 3.8) is 0 Å². The molecule has 5 N–H and O–H groups in total. The Bertz CT molecular complexity index is 1370. The Morgan fingerprint density at radius 3 is 2.64 bits per heavy atom. The molecule has 5 unspecified atom stereocenters. The SMILES string of the molecule is CC(NC1CC2[C@](C)(CC[C@@H](O)[C@@]2(C)CO)C(C=CC2=CC(=Cc3cnc(N)nc3)OC2=O)C12CO2)C(=O)N1CCOCC1. The van der Waals surface area contributed by atoms with Gasteiger partial charge >= 0.3 is 5.97 Å². The number of aliphatic hydroxyl groups is 2. The van der Waals surface area contributed by atoms with Crippen LogP contribution in [0.1, 0.15) is 45.6 Å². The summed E-state index contributed by atoms with van der Waals surface area (Å²) in [5.74, 6) is -0.166. The highest BCUT2D eigenvalue weighted by Crippen LogP contribution is 2.65. The minimum absolute atomic E-state index is 0.0165. The number of nitrogens with one attached hydrogen (secondary N) is 1. The van der Waals surface area contributed by atoms with Crippen molar-refractivity contribution >= 4 is 23.9 Å². The summed E-state index contributed by atoms with van der Waals surface area (Å²) >= 11 is 0. The summed E-state index contributed by atoms with van der Waals surface area (Å²) in [5.41, 5.74) is 4.94. The van der Waals surface area contributed by atoms with Crippen LogP contribution < -0.4 is 11.1 Å². The Labute approximate surface area is 257 Å². The summed E-state index contributed by atoms with van der Waals surface area (Å²) in [6.07, 6.45) is 11.6. The Morgan fingerprint density at radius 2 is 1.98 bits per heavy atom. The number of morpholine rings is 1. The van der Waals surface area contributed by atoms with Gasteiger partial charge in [-0.25, -0.2) is 14.8 Å². The van der Waals surface area contributed by atoms with E-state index in [1.54, 1.807) is 30.6 Å². The normalized spacial score (nSPS) is 38.5. The molecular weight excluding hydrogens is 566 g/mol. The van der Waals surface area contributed by atoms with E-state index >= 15 is 0 Å². The number of carbonyl (C=O) groups excluding carboxylic acids is 2. The molecule has 3 aliphatic heterocycles. The first-order valence-electron chi connectivity index (χ1n) is 15.5. The van der Waals surface area contributed by atoms with Crippen LogP contribution in [0.4, 0.5) is 5.95 Å². The first kappa shape index (κ1) is 30.8. The number of hydrogen-bond donors (Lipinski definition) is 4. The minimum atomic E-state index is -0.740. The van der Waals surface area contributed by atoms with Crippen LogP contribution in [0.3, 0.4) is 0 Å². The van der Waals surface area contributed by atoms with Gasteiger partial charge in [-0.2, -0.15) is 0 Å². The lowest BCUT2D eigenvalue weighted by Gasteiger charge is -2.62. The number of cyclic esters (lactones) is 1. The van der Waals surface area contributed by atoms with Crippen molar-refractivity contribution in [1.29, 1.82) is 0 Å². The third-order valence-corrected chi connectivity index (χ3v) is 10.8. The van der Waals surface area contributed by atoms with E-state index in [0.717, 1.165) is 6.42 Å². The molecular formula is C32H43N5O7. The quantitative estimate of drug-likeness (QED) is 0.259. The van der Waals surface area contributed by atoms with Gasteiger partial charge in [0.15, 0.2) is 0 Å². The molecule has 238 valence electrons. The third kappa shape index (κ3) is 5.36. The van der Waals surface area contributed by atoms with E-state index in [-0.39, 0.29) is 41.8 Å². The Kier molecular flexibility index (Phi) is 8.16. The van der Waals surface area contributed by atoms with Crippen molar-refractivity contribution in [2.24, 2.45) is 22.7 Å². The number of rotatable bonds is 7. The van der Waals surface area contributed by atoms with Crippen LogP contribution >= 0.6 is 0 Å². The number of anilines is 1. The van der Waals surface area contributed by atoms with Gasteiger partial charge in [0.2, 0.25) is 11.9 Å². The molecule has 1 aromatic rings. The second-order valence-corrected chi connectivity index (χ2v) is 13.4. The molecule has 5 aliphatic rings. The van der Waals surface area contributed by atoms with Gasteiger partial charge in [0.1, 0.15) is 11.4 Å². The number of nitrogens with zero attached hydrogens (tertiary/aromatic N) is 3. The second kappa shape index (κ2) is 11.6. The Morgan fingerprint density at radius 1 is 1.27 bits per heavy atom. The molecule has 44 heavy (non-hydrogen) atoms. The van der Waals surface area contributed by atoms with Gasteiger partial charge in [-0.3, -0.25) is 4.79 Å². The summed E-state index contributed by atoms with van der Waals surface area (Å²) in [4.78, 5) is 36.0. The van der Waals surface area contributed by atoms with E-state index in [0.29, 0.717) is 62.6 Å². The molecule has 0 radical (unpaired) electrons. The summed E-state index contributed by atoms with van der Waals surface area (Å²) < 4.78 is 17.3. The maximum atomic E-state index is 13.4. The highest BCUT2D eigenvalue weighted by molar-refractivity contribution is 5.96. The molecule has 2 saturated heterocycles. The number of fused-ring (bicyclic) bond motifs is 1. The van der Waals surface area contributed by atoms with Crippen LogP contribution in [0.15, 0.2) is 42.0 Å². The molecule has 8 atom stereocenters. The second-order valence-electron chi connectivity index (χ2n) is 13.4. The zero-order valence-electron chi connectivity index (χ0n) is 25.6. The number of nitrogen functional groups attached to an aromatic ring is 1. The minimum Gasteiger partial charge on any atom is -0.423 e. The van der Waals surface area contributed by atoms with E-state index in [2.05, 4.69) is 22.2 Å². The summed E-state index contributed by atoms with van der Waals surface area (Å²) in [5, 5.41) is 25.4. The number of nitrogens with two attached hydrogens (primary N) is 1.